The van der Waals surface area contributed by atoms with Crippen LogP contribution in [0.25, 0.3) is 0 Å². The fraction of sp³-hybridized carbons (Fsp3) is 0.312. The molecule has 1 aliphatic heterocycles. The van der Waals surface area contributed by atoms with Crippen molar-refractivity contribution >= 4 is 35.0 Å². The number of halogens is 1. The first kappa shape index (κ1) is 15.6. The molecule has 3 N–H and O–H groups in total. The molecule has 7 heteroatoms. The Labute approximate surface area is 139 Å². The molecule has 1 aromatic carbocycles. The maximum absolute atomic E-state index is 12.3. The van der Waals surface area contributed by atoms with Crippen LogP contribution in [0.15, 0.2) is 24.3 Å². The van der Waals surface area contributed by atoms with Crippen LogP contribution in [0.1, 0.15) is 17.7 Å². The van der Waals surface area contributed by atoms with Crippen molar-refractivity contribution in [3.05, 3.63) is 40.5 Å². The Morgan fingerprint density at radius 3 is 2.87 bits per heavy atom. The van der Waals surface area contributed by atoms with E-state index in [1.165, 1.54) is 0 Å². The lowest BCUT2D eigenvalue weighted by Gasteiger charge is -2.18. The molecule has 0 aliphatic carbocycles. The fourth-order valence-corrected chi connectivity index (χ4v) is 2.87. The number of rotatable bonds is 3. The van der Waals surface area contributed by atoms with Crippen LogP contribution in [0.5, 0.6) is 0 Å². The highest BCUT2D eigenvalue weighted by Gasteiger charge is 2.31. The largest absolute Gasteiger partial charge is 0.368 e. The summed E-state index contributed by atoms with van der Waals surface area (Å²) in [7, 11) is 0. The van der Waals surface area contributed by atoms with E-state index in [-0.39, 0.29) is 17.9 Å². The molecule has 0 radical (unpaired) electrons. The minimum atomic E-state index is -0.0334. The van der Waals surface area contributed by atoms with Crippen LogP contribution >= 0.6 is 11.6 Å². The minimum Gasteiger partial charge on any atom is -0.368 e. The van der Waals surface area contributed by atoms with Crippen molar-refractivity contribution in [2.45, 2.75) is 26.3 Å². The Balaban J connectivity index is 1.78. The van der Waals surface area contributed by atoms with Gasteiger partial charge in [-0.25, -0.2) is 4.98 Å². The van der Waals surface area contributed by atoms with Gasteiger partial charge in [-0.1, -0.05) is 17.7 Å². The molecule has 1 fully saturated rings. The highest BCUT2D eigenvalue weighted by molar-refractivity contribution is 6.30. The van der Waals surface area contributed by atoms with Crippen molar-refractivity contribution in [1.29, 1.82) is 0 Å². The maximum Gasteiger partial charge on any atom is 0.229 e. The summed E-state index contributed by atoms with van der Waals surface area (Å²) < 4.78 is 0. The summed E-state index contributed by atoms with van der Waals surface area (Å²) in [5.74, 6) is 0.966. The van der Waals surface area contributed by atoms with E-state index in [1.54, 1.807) is 17.0 Å². The van der Waals surface area contributed by atoms with Gasteiger partial charge in [0.15, 0.2) is 0 Å². The van der Waals surface area contributed by atoms with Crippen LogP contribution in [0.4, 0.5) is 17.5 Å². The topological polar surface area (TPSA) is 84.1 Å². The van der Waals surface area contributed by atoms with E-state index >= 15 is 0 Å². The number of nitrogens with one attached hydrogen (secondary N) is 1. The van der Waals surface area contributed by atoms with Gasteiger partial charge in [-0.2, -0.15) is 4.98 Å². The number of nitrogen functional groups attached to an aromatic ring is 1. The lowest BCUT2D eigenvalue weighted by molar-refractivity contribution is -0.117. The smallest absolute Gasteiger partial charge is 0.229 e. The molecule has 3 rings (SSSR count). The van der Waals surface area contributed by atoms with Crippen molar-refractivity contribution < 1.29 is 4.79 Å². The van der Waals surface area contributed by atoms with Gasteiger partial charge >= 0.3 is 0 Å². The third kappa shape index (κ3) is 3.22. The van der Waals surface area contributed by atoms with Gasteiger partial charge in [-0.05, 0) is 32.0 Å². The average Bonchev–Trinajstić information content (AvgIpc) is 2.85. The van der Waals surface area contributed by atoms with Gasteiger partial charge < -0.3 is 16.0 Å². The molecule has 120 valence electrons. The number of carbonyl (C=O) groups excluding carboxylic acids is 1. The summed E-state index contributed by atoms with van der Waals surface area (Å²) in [4.78, 5) is 22.4. The summed E-state index contributed by atoms with van der Waals surface area (Å²) in [6.07, 6.45) is 0.398. The summed E-state index contributed by atoms with van der Waals surface area (Å²) in [5.41, 5.74) is 8.29. The fourth-order valence-electron chi connectivity index (χ4n) is 2.68. The normalized spacial score (nSPS) is 17.6. The van der Waals surface area contributed by atoms with Crippen molar-refractivity contribution in [2.75, 3.05) is 22.5 Å². The quantitative estimate of drug-likeness (QED) is 0.903. The number of hydrogen-bond acceptors (Lipinski definition) is 5. The van der Waals surface area contributed by atoms with Gasteiger partial charge in [0.2, 0.25) is 11.9 Å². The highest BCUT2D eigenvalue weighted by atomic mass is 35.5. The van der Waals surface area contributed by atoms with Crippen LogP contribution in [0.2, 0.25) is 5.02 Å². The number of amides is 1. The lowest BCUT2D eigenvalue weighted by Crippen LogP contribution is -2.28. The zero-order chi connectivity index (χ0) is 16.6. The monoisotopic (exact) mass is 331 g/mol. The van der Waals surface area contributed by atoms with Gasteiger partial charge in [-0.15, -0.1) is 0 Å². The molecular formula is C16H18ClN5O. The summed E-state index contributed by atoms with van der Waals surface area (Å²) in [5, 5.41) is 3.92. The maximum atomic E-state index is 12.3. The van der Waals surface area contributed by atoms with Crippen LogP contribution in [-0.4, -0.2) is 28.5 Å². The molecule has 2 heterocycles. The first-order chi connectivity index (χ1) is 10.9. The molecule has 0 bridgehead atoms. The predicted octanol–water partition coefficient (Wildman–Crippen LogP) is 2.55. The van der Waals surface area contributed by atoms with Gasteiger partial charge in [0.25, 0.3) is 0 Å². The lowest BCUT2D eigenvalue weighted by atomic mass is 10.2. The van der Waals surface area contributed by atoms with Gasteiger partial charge in [0, 0.05) is 34.9 Å². The van der Waals surface area contributed by atoms with E-state index in [4.69, 9.17) is 17.3 Å². The average molecular weight is 332 g/mol. The molecule has 1 amide bonds. The molecule has 6 nitrogen and oxygen atoms in total. The molecule has 1 atom stereocenters. The number of nitrogens with two attached hydrogens (primary N) is 1. The van der Waals surface area contributed by atoms with E-state index in [1.807, 2.05) is 26.0 Å². The minimum absolute atomic E-state index is 0.0334. The Kier molecular flexibility index (Phi) is 4.09. The van der Waals surface area contributed by atoms with Crippen LogP contribution in [0.3, 0.4) is 0 Å². The predicted molar refractivity (Wildman–Crippen MR) is 91.8 cm³/mol. The molecule has 0 saturated carbocycles. The van der Waals surface area contributed by atoms with E-state index in [9.17, 15) is 4.79 Å². The third-order valence-corrected chi connectivity index (χ3v) is 4.23. The zero-order valence-electron chi connectivity index (χ0n) is 13.0. The summed E-state index contributed by atoms with van der Waals surface area (Å²) in [6, 6.07) is 7.26. The number of aromatic nitrogens is 2. The molecule has 0 unspecified atom stereocenters. The highest BCUT2D eigenvalue weighted by Crippen LogP contribution is 2.26. The number of aryl methyl sites for hydroxylation is 1. The van der Waals surface area contributed by atoms with Crippen LogP contribution in [-0.2, 0) is 4.79 Å². The second-order valence-electron chi connectivity index (χ2n) is 5.67. The molecule has 0 spiro atoms. The third-order valence-electron chi connectivity index (χ3n) is 3.99. The molecule has 2 aromatic rings. The number of hydrogen-bond donors (Lipinski definition) is 2. The Bertz CT molecular complexity index is 764. The Morgan fingerprint density at radius 1 is 1.35 bits per heavy atom. The molecule has 1 saturated heterocycles. The second kappa shape index (κ2) is 6.04. The van der Waals surface area contributed by atoms with Crippen LogP contribution < -0.4 is 16.0 Å². The van der Waals surface area contributed by atoms with E-state index < -0.39 is 0 Å². The summed E-state index contributed by atoms with van der Waals surface area (Å²) >= 11 is 6.01. The second-order valence-corrected chi connectivity index (χ2v) is 6.11. The van der Waals surface area contributed by atoms with Gasteiger partial charge in [-0.3, -0.25) is 4.79 Å². The number of benzene rings is 1. The Hall–Kier alpha value is -2.34. The SMILES string of the molecule is Cc1nc(N)nc(N[C@@H]2CC(=O)N(c3cccc(Cl)c3)C2)c1C. The van der Waals surface area contributed by atoms with Crippen LogP contribution in [0, 0.1) is 13.8 Å². The first-order valence-corrected chi connectivity index (χ1v) is 7.75. The standard InChI is InChI=1S/C16H18ClN5O/c1-9-10(2)19-16(18)21-15(9)20-12-7-14(23)22(8-12)13-5-3-4-11(17)6-13/h3-6,12H,7-8H2,1-2H3,(H3,18,19,20,21)/t12-/m1/s1. The van der Waals surface area contributed by atoms with Crippen molar-refractivity contribution in [3.8, 4) is 0 Å². The number of carbonyl (C=O) groups is 1. The van der Waals surface area contributed by atoms with Crippen molar-refractivity contribution in [1.82, 2.24) is 9.97 Å². The van der Waals surface area contributed by atoms with Crippen molar-refractivity contribution in [3.63, 3.8) is 0 Å². The summed E-state index contributed by atoms with van der Waals surface area (Å²) in [6.45, 7) is 4.38. The van der Waals surface area contributed by atoms with Crippen molar-refractivity contribution in [2.24, 2.45) is 0 Å². The van der Waals surface area contributed by atoms with Gasteiger partial charge in [0.1, 0.15) is 5.82 Å². The molecular weight excluding hydrogens is 314 g/mol. The Morgan fingerprint density at radius 2 is 2.13 bits per heavy atom. The van der Waals surface area contributed by atoms with E-state index in [0.29, 0.717) is 23.8 Å². The van der Waals surface area contributed by atoms with E-state index in [0.717, 1.165) is 16.9 Å². The molecule has 23 heavy (non-hydrogen) atoms. The number of anilines is 3. The first-order valence-electron chi connectivity index (χ1n) is 7.37. The molecule has 1 aromatic heterocycles. The molecule has 1 aliphatic rings. The van der Waals surface area contributed by atoms with E-state index in [2.05, 4.69) is 15.3 Å². The number of nitrogens with zero attached hydrogens (tertiary/aromatic N) is 3. The van der Waals surface area contributed by atoms with Gasteiger partial charge in [0.05, 0.1) is 6.04 Å². The zero-order valence-corrected chi connectivity index (χ0v) is 13.8.